The molecule has 5 rings (SSSR count). The second kappa shape index (κ2) is 5.36. The number of fused-ring (bicyclic) bond motifs is 2. The topological polar surface area (TPSA) is 50.8 Å². The molecule has 1 N–H and O–H groups in total. The van der Waals surface area contributed by atoms with Gasteiger partial charge in [-0.1, -0.05) is 23.8 Å². The molecule has 3 heterocycles. The van der Waals surface area contributed by atoms with E-state index in [4.69, 9.17) is 9.47 Å². The van der Waals surface area contributed by atoms with Crippen LogP contribution >= 0.6 is 0 Å². The number of allylic oxidation sites excluding steroid dienone is 1. The van der Waals surface area contributed by atoms with Crippen molar-refractivity contribution < 1.29 is 14.3 Å². The SMILES string of the molecule is CC=C1CN2CC[C@]34C(=C(C(=O)OC)[C@H]1C[C@H]23)Nc1c(OC)cccc14. The molecule has 0 radical (unpaired) electrons. The van der Waals surface area contributed by atoms with Crippen LogP contribution in [0.3, 0.4) is 0 Å². The number of anilines is 1. The van der Waals surface area contributed by atoms with Gasteiger partial charge in [0.05, 0.1) is 30.9 Å². The zero-order chi connectivity index (χ0) is 18.1. The summed E-state index contributed by atoms with van der Waals surface area (Å²) in [5, 5.41) is 3.61. The largest absolute Gasteiger partial charge is 0.495 e. The Bertz CT molecular complexity index is 872. The van der Waals surface area contributed by atoms with E-state index in [1.54, 1.807) is 7.11 Å². The lowest BCUT2D eigenvalue weighted by Crippen LogP contribution is -2.53. The zero-order valence-corrected chi connectivity index (χ0v) is 15.5. The van der Waals surface area contributed by atoms with Crippen molar-refractivity contribution in [2.45, 2.75) is 31.2 Å². The molecule has 1 aromatic carbocycles. The van der Waals surface area contributed by atoms with Crippen LogP contribution in [0.15, 0.2) is 41.1 Å². The van der Waals surface area contributed by atoms with Crippen LogP contribution in [0.1, 0.15) is 25.3 Å². The molecule has 2 fully saturated rings. The summed E-state index contributed by atoms with van der Waals surface area (Å²) in [4.78, 5) is 15.4. The monoisotopic (exact) mass is 352 g/mol. The van der Waals surface area contributed by atoms with E-state index < -0.39 is 0 Å². The van der Waals surface area contributed by atoms with Gasteiger partial charge in [0.15, 0.2) is 0 Å². The number of benzene rings is 1. The van der Waals surface area contributed by atoms with Crippen LogP contribution in [-0.2, 0) is 14.9 Å². The number of hydrogen-bond acceptors (Lipinski definition) is 5. The van der Waals surface area contributed by atoms with Crippen molar-refractivity contribution in [3.05, 3.63) is 46.7 Å². The molecule has 26 heavy (non-hydrogen) atoms. The Morgan fingerprint density at radius 2 is 2.23 bits per heavy atom. The summed E-state index contributed by atoms with van der Waals surface area (Å²) < 4.78 is 10.8. The minimum Gasteiger partial charge on any atom is -0.495 e. The molecular formula is C21H24N2O3. The van der Waals surface area contributed by atoms with Gasteiger partial charge in [-0.25, -0.2) is 4.79 Å². The van der Waals surface area contributed by atoms with E-state index in [-0.39, 0.29) is 17.3 Å². The number of nitrogens with zero attached hydrogens (tertiary/aromatic N) is 1. The third-order valence-electron chi connectivity index (χ3n) is 6.91. The van der Waals surface area contributed by atoms with Gasteiger partial charge in [-0.2, -0.15) is 0 Å². The Labute approximate surface area is 153 Å². The average Bonchev–Trinajstić information content (AvgIpc) is 3.23. The van der Waals surface area contributed by atoms with E-state index >= 15 is 0 Å². The number of methoxy groups -OCH3 is 2. The summed E-state index contributed by atoms with van der Waals surface area (Å²) in [5.41, 5.74) is 5.33. The molecular weight excluding hydrogens is 328 g/mol. The first kappa shape index (κ1) is 15.9. The lowest BCUT2D eigenvalue weighted by Gasteiger charge is -2.48. The standard InChI is InChI=1S/C21H24N2O3/c1-4-12-11-23-9-8-21-14-6-5-7-15(25-2)18(14)22-19(21)17(20(24)26-3)13(12)10-16(21)23/h4-7,13,16,22H,8-11H2,1-3H3/t13-,16-,21+/m0/s1. The number of rotatable bonds is 2. The molecule has 1 aromatic rings. The van der Waals surface area contributed by atoms with E-state index in [1.807, 2.05) is 6.07 Å². The minimum atomic E-state index is -0.207. The highest BCUT2D eigenvalue weighted by Gasteiger charge is 2.62. The Morgan fingerprint density at radius 1 is 1.38 bits per heavy atom. The molecule has 1 aliphatic carbocycles. The Kier molecular flexibility index (Phi) is 3.29. The van der Waals surface area contributed by atoms with Gasteiger partial charge in [0, 0.05) is 30.7 Å². The maximum atomic E-state index is 12.9. The normalized spacial score (nSPS) is 33.0. The molecule has 0 saturated carbocycles. The molecule has 3 atom stereocenters. The van der Waals surface area contributed by atoms with Gasteiger partial charge >= 0.3 is 5.97 Å². The first-order valence-electron chi connectivity index (χ1n) is 9.32. The first-order valence-corrected chi connectivity index (χ1v) is 9.32. The van der Waals surface area contributed by atoms with E-state index in [0.717, 1.165) is 48.6 Å². The van der Waals surface area contributed by atoms with Crippen LogP contribution in [0.4, 0.5) is 5.69 Å². The molecule has 2 bridgehead atoms. The quantitative estimate of drug-likeness (QED) is 0.655. The molecule has 0 aromatic heterocycles. The summed E-state index contributed by atoms with van der Waals surface area (Å²) in [6.45, 7) is 4.07. The predicted octanol–water partition coefficient (Wildman–Crippen LogP) is 2.84. The molecule has 0 amide bonds. The first-order chi connectivity index (χ1) is 12.7. The van der Waals surface area contributed by atoms with Crippen molar-refractivity contribution in [3.63, 3.8) is 0 Å². The van der Waals surface area contributed by atoms with Crippen LogP contribution in [-0.4, -0.2) is 44.2 Å². The van der Waals surface area contributed by atoms with Gasteiger partial charge in [0.1, 0.15) is 5.75 Å². The minimum absolute atomic E-state index is 0.141. The third kappa shape index (κ3) is 1.72. The van der Waals surface area contributed by atoms with Gasteiger partial charge in [0.25, 0.3) is 0 Å². The molecule has 136 valence electrons. The molecule has 3 aliphatic heterocycles. The van der Waals surface area contributed by atoms with E-state index in [9.17, 15) is 4.79 Å². The Morgan fingerprint density at radius 3 is 2.96 bits per heavy atom. The number of piperidine rings is 1. The number of hydrogen-bond donors (Lipinski definition) is 1. The second-order valence-electron chi connectivity index (χ2n) is 7.65. The maximum absolute atomic E-state index is 12.9. The molecule has 2 saturated heterocycles. The molecule has 0 unspecified atom stereocenters. The van der Waals surface area contributed by atoms with Crippen LogP contribution in [0, 0.1) is 5.92 Å². The summed E-state index contributed by atoms with van der Waals surface area (Å²) in [6, 6.07) is 6.65. The Balaban J connectivity index is 1.82. The fourth-order valence-corrected chi connectivity index (χ4v) is 5.82. The van der Waals surface area contributed by atoms with Crippen LogP contribution in [0.5, 0.6) is 5.75 Å². The van der Waals surface area contributed by atoms with Crippen LogP contribution in [0.25, 0.3) is 0 Å². The molecule has 4 aliphatic rings. The molecule has 1 spiro atoms. The van der Waals surface area contributed by atoms with Gasteiger partial charge < -0.3 is 14.8 Å². The number of esters is 1. The number of para-hydroxylation sites is 1. The van der Waals surface area contributed by atoms with Crippen molar-refractivity contribution in [2.75, 3.05) is 32.6 Å². The lowest BCUT2D eigenvalue weighted by molar-refractivity contribution is -0.137. The highest BCUT2D eigenvalue weighted by Crippen LogP contribution is 2.62. The van der Waals surface area contributed by atoms with Gasteiger partial charge in [0.2, 0.25) is 0 Å². The van der Waals surface area contributed by atoms with Gasteiger partial charge in [-0.15, -0.1) is 0 Å². The van der Waals surface area contributed by atoms with Crippen molar-refractivity contribution in [2.24, 2.45) is 5.92 Å². The number of nitrogens with one attached hydrogen (secondary N) is 1. The summed E-state index contributed by atoms with van der Waals surface area (Å²) >= 11 is 0. The highest BCUT2D eigenvalue weighted by atomic mass is 16.5. The highest BCUT2D eigenvalue weighted by molar-refractivity contribution is 5.94. The average molecular weight is 352 g/mol. The maximum Gasteiger partial charge on any atom is 0.336 e. The fourth-order valence-electron chi connectivity index (χ4n) is 5.82. The number of carbonyl (C=O) groups is 1. The van der Waals surface area contributed by atoms with Crippen LogP contribution in [0.2, 0.25) is 0 Å². The Hall–Kier alpha value is -2.27. The summed E-state index contributed by atoms with van der Waals surface area (Å²) in [5.74, 6) is 0.770. The van der Waals surface area contributed by atoms with Crippen molar-refractivity contribution in [1.29, 1.82) is 0 Å². The predicted molar refractivity (Wildman–Crippen MR) is 99.2 cm³/mol. The zero-order valence-electron chi connectivity index (χ0n) is 15.5. The number of carbonyl (C=O) groups excluding carboxylic acids is 1. The molecule has 5 nitrogen and oxygen atoms in total. The fraction of sp³-hybridized carbons (Fsp3) is 0.476. The van der Waals surface area contributed by atoms with Crippen molar-refractivity contribution in [3.8, 4) is 5.75 Å². The van der Waals surface area contributed by atoms with Gasteiger partial charge in [-0.3, -0.25) is 4.90 Å². The van der Waals surface area contributed by atoms with Crippen molar-refractivity contribution in [1.82, 2.24) is 4.90 Å². The smallest absolute Gasteiger partial charge is 0.336 e. The van der Waals surface area contributed by atoms with E-state index in [1.165, 1.54) is 18.2 Å². The summed E-state index contributed by atoms with van der Waals surface area (Å²) in [7, 11) is 3.18. The van der Waals surface area contributed by atoms with Crippen molar-refractivity contribution >= 4 is 11.7 Å². The molecule has 5 heteroatoms. The third-order valence-corrected chi connectivity index (χ3v) is 6.91. The van der Waals surface area contributed by atoms with Gasteiger partial charge in [-0.05, 0) is 31.4 Å². The van der Waals surface area contributed by atoms with Crippen LogP contribution < -0.4 is 10.1 Å². The number of ether oxygens (including phenoxy) is 2. The van der Waals surface area contributed by atoms with E-state index in [2.05, 4.69) is 35.3 Å². The summed E-state index contributed by atoms with van der Waals surface area (Å²) in [6.07, 6.45) is 4.18. The second-order valence-corrected chi connectivity index (χ2v) is 7.65. The lowest BCUT2D eigenvalue weighted by atomic mass is 9.62. The van der Waals surface area contributed by atoms with E-state index in [0.29, 0.717) is 6.04 Å².